The van der Waals surface area contributed by atoms with Gasteiger partial charge in [-0.05, 0) is 80.3 Å². The van der Waals surface area contributed by atoms with Crippen LogP contribution in [0.15, 0.2) is 91.0 Å². The quantitative estimate of drug-likeness (QED) is 0.130. The first-order valence-corrected chi connectivity index (χ1v) is 18.4. The van der Waals surface area contributed by atoms with Gasteiger partial charge in [-0.2, -0.15) is 0 Å². The molecule has 2 aliphatic heterocycles. The van der Waals surface area contributed by atoms with Crippen LogP contribution in [0, 0.1) is 0 Å². The van der Waals surface area contributed by atoms with Gasteiger partial charge in [-0.3, -0.25) is 0 Å². The first-order valence-electron chi connectivity index (χ1n) is 18.4. The summed E-state index contributed by atoms with van der Waals surface area (Å²) in [6.45, 7) is 19.6. The fourth-order valence-electron chi connectivity index (χ4n) is 7.40. The van der Waals surface area contributed by atoms with E-state index in [0.29, 0.717) is 28.6 Å². The third-order valence-electron chi connectivity index (χ3n) is 10.5. The van der Waals surface area contributed by atoms with Gasteiger partial charge in [0.15, 0.2) is 0 Å². The lowest BCUT2D eigenvalue weighted by atomic mass is 9.34. The van der Waals surface area contributed by atoms with Crippen molar-refractivity contribution in [3.05, 3.63) is 119 Å². The average molecular weight is 722 g/mol. The van der Waals surface area contributed by atoms with Crippen molar-refractivity contribution in [3.8, 4) is 23.0 Å². The van der Waals surface area contributed by atoms with E-state index in [0.717, 1.165) is 33.5 Å². The maximum absolute atomic E-state index is 13.5. The van der Waals surface area contributed by atoms with Crippen molar-refractivity contribution in [2.24, 2.45) is 0 Å². The maximum Gasteiger partial charge on any atom is 0.340 e. The highest BCUT2D eigenvalue weighted by Gasteiger charge is 2.42. The van der Waals surface area contributed by atoms with E-state index < -0.39 is 11.9 Å². The predicted molar refractivity (Wildman–Crippen MR) is 218 cm³/mol. The molecule has 8 heteroatoms. The Labute approximate surface area is 319 Å². The molecule has 0 spiro atoms. The number of hydrogen-bond donors (Lipinski definition) is 0. The zero-order valence-corrected chi connectivity index (χ0v) is 33.1. The van der Waals surface area contributed by atoms with Gasteiger partial charge in [0.1, 0.15) is 23.0 Å². The number of para-hydroxylation sites is 1. The zero-order valence-electron chi connectivity index (χ0n) is 33.1. The molecule has 7 rings (SSSR count). The molecule has 0 saturated heterocycles. The predicted octanol–water partition coefficient (Wildman–Crippen LogP) is 9.35. The Morgan fingerprint density at radius 1 is 0.537 bits per heavy atom. The molecule has 2 aliphatic rings. The number of nitrogens with zero attached hydrogens (tertiary/aromatic N) is 1. The Hall–Kier alpha value is -5.50. The summed E-state index contributed by atoms with van der Waals surface area (Å²) in [6.07, 6.45) is 0. The van der Waals surface area contributed by atoms with Gasteiger partial charge in [-0.1, -0.05) is 105 Å². The number of fused-ring (bicyclic) bond motifs is 4. The molecule has 2 heterocycles. The van der Waals surface area contributed by atoms with Crippen LogP contribution in [0.1, 0.15) is 99.7 Å². The summed E-state index contributed by atoms with van der Waals surface area (Å²) in [5, 5.41) is 0. The van der Waals surface area contributed by atoms with Crippen LogP contribution in [0.25, 0.3) is 0 Å². The second kappa shape index (κ2) is 13.1. The number of methoxy groups -OCH3 is 2. The number of benzene rings is 5. The summed E-state index contributed by atoms with van der Waals surface area (Å²) in [5.74, 6) is 1.61. The molecule has 0 aromatic heterocycles. The summed E-state index contributed by atoms with van der Waals surface area (Å²) < 4.78 is 24.2. The molecule has 0 N–H and O–H groups in total. The van der Waals surface area contributed by atoms with Gasteiger partial charge >= 0.3 is 11.9 Å². The summed E-state index contributed by atoms with van der Waals surface area (Å²) >= 11 is 0. The third kappa shape index (κ3) is 6.42. The van der Waals surface area contributed by atoms with Gasteiger partial charge in [-0.25, -0.2) is 9.59 Å². The van der Waals surface area contributed by atoms with Crippen LogP contribution in [0.5, 0.6) is 23.0 Å². The van der Waals surface area contributed by atoms with Crippen molar-refractivity contribution < 1.29 is 28.5 Å². The summed E-state index contributed by atoms with van der Waals surface area (Å²) in [5.41, 5.74) is 8.46. The Morgan fingerprint density at radius 3 is 1.37 bits per heavy atom. The van der Waals surface area contributed by atoms with Gasteiger partial charge in [0.05, 0.1) is 36.7 Å². The topological polar surface area (TPSA) is 74.3 Å². The molecule has 0 amide bonds. The number of carbonyl (C=O) groups is 2. The molecule has 54 heavy (non-hydrogen) atoms. The van der Waals surface area contributed by atoms with E-state index in [4.69, 9.17) is 18.9 Å². The van der Waals surface area contributed by atoms with Crippen LogP contribution in [-0.2, 0) is 25.7 Å². The standard InChI is InChI=1S/C46H48BNO6/c1-44(2,3)27-15-19-30(20-16-27)48(41-32(42(49)51-10)13-12-14-33(41)43(50)52-11)31-25-38-40-39(26-31)54-37-22-18-29(46(7,8)9)24-35(37)47(40)34-23-28(45(4,5)6)17-21-36(34)53-38/h12-26H,1-11H3. The monoisotopic (exact) mass is 721 g/mol. The molecule has 5 aromatic rings. The summed E-state index contributed by atoms with van der Waals surface area (Å²) in [4.78, 5) is 28.8. The van der Waals surface area contributed by atoms with Crippen molar-refractivity contribution in [1.29, 1.82) is 0 Å². The van der Waals surface area contributed by atoms with Crippen molar-refractivity contribution in [2.75, 3.05) is 19.1 Å². The van der Waals surface area contributed by atoms with Crippen molar-refractivity contribution in [3.63, 3.8) is 0 Å². The van der Waals surface area contributed by atoms with Gasteiger partial charge in [0, 0.05) is 23.3 Å². The molecule has 0 radical (unpaired) electrons. The number of ether oxygens (including phenoxy) is 4. The van der Waals surface area contributed by atoms with E-state index in [2.05, 4.69) is 111 Å². The lowest BCUT2D eigenvalue weighted by molar-refractivity contribution is 0.0601. The lowest BCUT2D eigenvalue weighted by Gasteiger charge is -2.36. The highest BCUT2D eigenvalue weighted by atomic mass is 16.5. The molecular weight excluding hydrogens is 673 g/mol. The first kappa shape index (κ1) is 36.8. The molecule has 276 valence electrons. The van der Waals surface area contributed by atoms with Crippen LogP contribution in [0.4, 0.5) is 17.1 Å². The highest BCUT2D eigenvalue weighted by molar-refractivity contribution is 6.98. The fraction of sp³-hybridized carbons (Fsp3) is 0.304. The second-order valence-corrected chi connectivity index (χ2v) is 17.3. The maximum atomic E-state index is 13.5. The van der Waals surface area contributed by atoms with Gasteiger partial charge in [0.2, 0.25) is 0 Å². The third-order valence-corrected chi connectivity index (χ3v) is 10.5. The molecule has 0 fully saturated rings. The van der Waals surface area contributed by atoms with E-state index in [1.54, 1.807) is 18.2 Å². The fourth-order valence-corrected chi connectivity index (χ4v) is 7.40. The molecule has 0 atom stereocenters. The molecule has 0 saturated carbocycles. The Bertz CT molecular complexity index is 2180. The molecule has 5 aromatic carbocycles. The number of carbonyl (C=O) groups excluding carboxylic acids is 2. The zero-order chi connectivity index (χ0) is 38.9. The average Bonchev–Trinajstić information content (AvgIpc) is 3.12. The Kier molecular flexibility index (Phi) is 8.95. The SMILES string of the molecule is COC(=O)c1cccc(C(=O)OC)c1N(c1ccc(C(C)(C)C)cc1)c1cc2c3c(c1)Oc1ccc(C(C)(C)C)cc1B3c1cc(C(C)(C)C)ccc1O2. The minimum atomic E-state index is -0.592. The molecule has 0 unspecified atom stereocenters. The van der Waals surface area contributed by atoms with Crippen LogP contribution < -0.4 is 30.8 Å². The largest absolute Gasteiger partial charge is 0.465 e. The Morgan fingerprint density at radius 2 is 0.963 bits per heavy atom. The number of esters is 2. The molecular formula is C46H48BNO6. The molecule has 0 aliphatic carbocycles. The first-order chi connectivity index (χ1) is 25.4. The van der Waals surface area contributed by atoms with Gasteiger partial charge in [0.25, 0.3) is 6.71 Å². The van der Waals surface area contributed by atoms with Crippen molar-refractivity contribution >= 4 is 52.1 Å². The van der Waals surface area contributed by atoms with Crippen molar-refractivity contribution in [1.82, 2.24) is 0 Å². The minimum Gasteiger partial charge on any atom is -0.465 e. The van der Waals surface area contributed by atoms with Crippen LogP contribution >= 0.6 is 0 Å². The van der Waals surface area contributed by atoms with Crippen molar-refractivity contribution in [2.45, 2.75) is 78.6 Å². The van der Waals surface area contributed by atoms with E-state index in [9.17, 15) is 9.59 Å². The van der Waals surface area contributed by atoms with Gasteiger partial charge in [-0.15, -0.1) is 0 Å². The normalized spacial score (nSPS) is 13.1. The number of anilines is 3. The highest BCUT2D eigenvalue weighted by Crippen LogP contribution is 2.45. The number of hydrogen-bond acceptors (Lipinski definition) is 7. The summed E-state index contributed by atoms with van der Waals surface area (Å²) in [6, 6.07) is 30.0. The Balaban J connectivity index is 1.52. The number of rotatable bonds is 5. The second-order valence-electron chi connectivity index (χ2n) is 17.3. The van der Waals surface area contributed by atoms with Crippen LogP contribution in [0.3, 0.4) is 0 Å². The minimum absolute atomic E-state index is 0.0728. The lowest BCUT2D eigenvalue weighted by Crippen LogP contribution is -2.57. The van der Waals surface area contributed by atoms with E-state index in [-0.39, 0.29) is 34.1 Å². The molecule has 0 bridgehead atoms. The summed E-state index contributed by atoms with van der Waals surface area (Å²) in [7, 11) is 2.66. The van der Waals surface area contributed by atoms with Crippen LogP contribution in [-0.4, -0.2) is 32.9 Å². The molecule has 7 nitrogen and oxygen atoms in total. The van der Waals surface area contributed by atoms with E-state index in [1.165, 1.54) is 25.3 Å². The van der Waals surface area contributed by atoms with E-state index in [1.807, 2.05) is 29.2 Å². The van der Waals surface area contributed by atoms with Gasteiger partial charge < -0.3 is 23.8 Å². The van der Waals surface area contributed by atoms with Crippen LogP contribution in [0.2, 0.25) is 0 Å². The smallest absolute Gasteiger partial charge is 0.340 e. The van der Waals surface area contributed by atoms with E-state index >= 15 is 0 Å².